The zero-order chi connectivity index (χ0) is 92.8. The fourth-order valence-electron chi connectivity index (χ4n) is 16.4. The van der Waals surface area contributed by atoms with Crippen molar-refractivity contribution < 1.29 is 14.2 Å². The van der Waals surface area contributed by atoms with E-state index >= 15 is 0 Å². The lowest BCUT2D eigenvalue weighted by Gasteiger charge is -2.32. The summed E-state index contributed by atoms with van der Waals surface area (Å²) in [5, 5.41) is 1.39. The van der Waals surface area contributed by atoms with Gasteiger partial charge < -0.3 is 43.1 Å². The van der Waals surface area contributed by atoms with E-state index in [0.717, 1.165) is 104 Å². The summed E-state index contributed by atoms with van der Waals surface area (Å²) in [7, 11) is 0. The van der Waals surface area contributed by atoms with Crippen LogP contribution in [-0.2, 0) is 59.6 Å². The van der Waals surface area contributed by atoms with Gasteiger partial charge in [-0.25, -0.2) is 39.5 Å². The van der Waals surface area contributed by atoms with Gasteiger partial charge in [-0.05, 0) is 200 Å². The molecule has 8 heterocycles. The molecule has 0 fully saturated rings. The van der Waals surface area contributed by atoms with Crippen molar-refractivity contribution in [3.8, 4) is 23.0 Å². The zero-order valence-corrected chi connectivity index (χ0v) is 77.4. The van der Waals surface area contributed by atoms with Gasteiger partial charge in [-0.3, -0.25) is 29.1 Å². The maximum Gasteiger partial charge on any atom is 0.349 e. The predicted molar refractivity (Wildman–Crippen MR) is 522 cm³/mol. The molecule has 0 amide bonds. The Morgan fingerprint density at radius 3 is 1.37 bits per heavy atom. The Kier molecular flexibility index (Phi) is 30.2. The Balaban J connectivity index is 0.000000141. The van der Waals surface area contributed by atoms with Crippen molar-refractivity contribution in [3.63, 3.8) is 0 Å². The minimum atomic E-state index is -0.678. The number of aromatic nitrogens is 12. The SMILES string of the molecule is C=c1nc2c(c(=O)[nH]1)=Nc1cc(C)c(C)cc1N2CC(Cc1ccccc1)OCc1ccccc1.C=c1nc2c(c(=O)[nH]1)=Nc1cc(CCC)c(C)cc1N2CCC(C)c1ccc(Cl)cc1.CCCOC(Cc1ccc(C)cc1)Cn1c2nc(=O)[nH]c(=O)c-2nc2cc(C(C)C)ccc21.CCOC(Cc1ccc(C)cc1)Cn1c2nc(=O)[nH]c(=O)c-2nc2cc(C(C)C)ccc21. The van der Waals surface area contributed by atoms with E-state index in [9.17, 15) is 28.8 Å². The fraction of sp³-hybridized carbons (Fsp3) is 0.314. The fourth-order valence-corrected chi connectivity index (χ4v) is 16.5. The van der Waals surface area contributed by atoms with E-state index in [2.05, 4.69) is 274 Å². The van der Waals surface area contributed by atoms with E-state index in [0.29, 0.717) is 121 Å². The third-order valence-electron chi connectivity index (χ3n) is 23.7. The van der Waals surface area contributed by atoms with Crippen LogP contribution >= 0.6 is 11.6 Å². The molecule has 674 valence electrons. The van der Waals surface area contributed by atoms with Crippen molar-refractivity contribution in [3.05, 3.63) is 356 Å². The first-order valence-electron chi connectivity index (χ1n) is 44.9. The molecule has 2 aromatic heterocycles. The molecule has 0 spiro atoms. The first kappa shape index (κ1) is 93.6. The molecule has 25 nitrogen and oxygen atoms in total. The quantitative estimate of drug-likeness (QED) is 0.0331. The van der Waals surface area contributed by atoms with Crippen molar-refractivity contribution in [1.29, 1.82) is 0 Å². The normalized spacial score (nSPS) is 12.9. The van der Waals surface area contributed by atoms with Gasteiger partial charge in [-0.1, -0.05) is 224 Å². The van der Waals surface area contributed by atoms with Crippen molar-refractivity contribution >= 4 is 81.2 Å². The van der Waals surface area contributed by atoms with Gasteiger partial charge in [0.25, 0.3) is 22.2 Å². The smallest absolute Gasteiger partial charge is 0.349 e. The highest BCUT2D eigenvalue weighted by molar-refractivity contribution is 6.30. The van der Waals surface area contributed by atoms with Gasteiger partial charge in [0.15, 0.2) is 45.4 Å². The Hall–Kier alpha value is -13.6. The Labute approximate surface area is 765 Å². The van der Waals surface area contributed by atoms with Crippen LogP contribution in [0.1, 0.15) is 165 Å². The molecule has 9 aromatic carbocycles. The summed E-state index contributed by atoms with van der Waals surface area (Å²) in [5.74, 6) is 2.61. The van der Waals surface area contributed by atoms with Crippen molar-refractivity contribution in [2.75, 3.05) is 36.1 Å². The Morgan fingerprint density at radius 1 is 0.427 bits per heavy atom. The molecular weight excluding hydrogens is 1660 g/mol. The van der Waals surface area contributed by atoms with Crippen LogP contribution in [0.3, 0.4) is 0 Å². The Bertz CT molecular complexity index is 7160. The van der Waals surface area contributed by atoms with Crippen molar-refractivity contribution in [1.82, 2.24) is 59.0 Å². The van der Waals surface area contributed by atoms with Crippen LogP contribution < -0.4 is 65.1 Å². The number of H-pyrrole nitrogens is 4. The topological polar surface area (TPSA) is 312 Å². The lowest BCUT2D eigenvalue weighted by molar-refractivity contribution is 0.0430. The second-order valence-corrected chi connectivity index (χ2v) is 34.9. The monoisotopic (exact) mass is 1780 g/mol. The number of halogens is 1. The molecule has 0 saturated carbocycles. The maximum atomic E-state index is 12.8. The number of nitrogens with zero attached hydrogens (tertiary/aromatic N) is 12. The predicted octanol–water partition coefficient (Wildman–Crippen LogP) is 16.4. The van der Waals surface area contributed by atoms with Crippen LogP contribution in [-0.4, -0.2) is 104 Å². The number of aryl methyl sites for hydroxylation is 6. The summed E-state index contributed by atoms with van der Waals surface area (Å²) >= 11 is 6.04. The molecule has 6 aliphatic heterocycles. The van der Waals surface area contributed by atoms with Gasteiger partial charge in [0.05, 0.1) is 89.4 Å². The number of hydrogen-bond acceptors (Lipinski definition) is 19. The average Bonchev–Trinajstić information content (AvgIpc) is 0.766. The summed E-state index contributed by atoms with van der Waals surface area (Å²) in [5.41, 5.74) is 19.8. The maximum absolute atomic E-state index is 12.8. The molecule has 4 atom stereocenters. The highest BCUT2D eigenvalue weighted by Gasteiger charge is 2.31. The number of fused-ring (bicyclic) bond motifs is 8. The van der Waals surface area contributed by atoms with Gasteiger partial charge in [-0.15, -0.1) is 0 Å². The van der Waals surface area contributed by atoms with E-state index in [1.54, 1.807) is 0 Å². The molecule has 4 N–H and O–H groups in total. The van der Waals surface area contributed by atoms with Crippen molar-refractivity contribution in [2.45, 2.75) is 191 Å². The number of rotatable bonds is 28. The van der Waals surface area contributed by atoms with Crippen LogP contribution in [0.4, 0.5) is 34.4 Å². The van der Waals surface area contributed by atoms with E-state index in [-0.39, 0.29) is 52.5 Å². The largest absolute Gasteiger partial charge is 0.376 e. The molecular formula is C105H113ClN16O9. The number of ether oxygens (including phenoxy) is 3. The third-order valence-corrected chi connectivity index (χ3v) is 23.9. The van der Waals surface area contributed by atoms with Gasteiger partial charge >= 0.3 is 11.4 Å². The summed E-state index contributed by atoms with van der Waals surface area (Å²) in [6.07, 6.45) is 5.47. The first-order valence-corrected chi connectivity index (χ1v) is 45.3. The molecule has 17 rings (SSSR count). The third kappa shape index (κ3) is 22.8. The second kappa shape index (κ2) is 42.3. The number of anilines is 4. The summed E-state index contributed by atoms with van der Waals surface area (Å²) < 4.78 is 22.6. The number of nitrogens with one attached hydrogen (secondary N) is 4. The molecule has 4 unspecified atom stereocenters. The van der Waals surface area contributed by atoms with Crippen LogP contribution in [0.5, 0.6) is 0 Å². The number of hydrogen-bond donors (Lipinski definition) is 4. The zero-order valence-electron chi connectivity index (χ0n) is 76.7. The van der Waals surface area contributed by atoms with Gasteiger partial charge in [0.2, 0.25) is 0 Å². The van der Waals surface area contributed by atoms with Gasteiger partial charge in [0.1, 0.15) is 11.0 Å². The second-order valence-electron chi connectivity index (χ2n) is 34.4. The van der Waals surface area contributed by atoms with E-state index in [1.807, 2.05) is 102 Å². The number of benzene rings is 9. The summed E-state index contributed by atoms with van der Waals surface area (Å²) in [6, 6.07) is 65.7. The van der Waals surface area contributed by atoms with Crippen molar-refractivity contribution in [2.24, 2.45) is 9.98 Å². The van der Waals surface area contributed by atoms with Gasteiger partial charge in [-0.2, -0.15) is 9.97 Å². The van der Waals surface area contributed by atoms with E-state index in [4.69, 9.17) is 25.8 Å². The standard InChI is InChI=1S/C29H28N4O2.C26H30N4O3.C25H27ClN4O.C25H28N4O3/c1-19-14-25-26(15-20(19)2)33(28-27(32-25)29(34)31-21(3)30-28)17-24(16-22-10-6-4-7-11-22)35-18-23-12-8-5-9-13-23;1-5-12-33-20(13-18-8-6-17(4)7-9-18)15-30-22-11-10-19(16(2)3)14-21(22)27-23-24(30)28-26(32)29-25(23)31;1-5-6-19-14-21-22(13-16(19)3)30(24-23(29-21)25(31)28-17(4)27-24)12-11-15(2)18-7-9-20(26)10-8-18;1-5-32-19(12-17-8-6-16(4)7-9-17)14-29-21-11-10-18(15(2)3)13-20(21)26-22-23(29)27-25(31)28-24(22)30/h4-15,24H,3,16-18H2,1-2H3,(H,31,34);6-11,14,16,20H,5,12-13,15H2,1-4H3,(H,29,31,32);7-10,13-15H,4-6,11-12H2,1-3H3,(H,28,31);6-11,13,15,19H,5,12,14H2,1-4H3,(H,28,30,31). The van der Waals surface area contributed by atoms with Crippen LogP contribution in [0, 0.1) is 34.6 Å². The lowest BCUT2D eigenvalue weighted by Crippen LogP contribution is -2.44. The summed E-state index contributed by atoms with van der Waals surface area (Å²) in [6.45, 7) is 38.7. The first-order chi connectivity index (χ1) is 63.0. The van der Waals surface area contributed by atoms with E-state index < -0.39 is 22.5 Å². The molecule has 11 aromatic rings. The molecule has 131 heavy (non-hydrogen) atoms. The molecule has 0 saturated heterocycles. The van der Waals surface area contributed by atoms with Crippen LogP contribution in [0.15, 0.2) is 233 Å². The summed E-state index contributed by atoms with van der Waals surface area (Å²) in [4.78, 5) is 125. The molecule has 0 aliphatic carbocycles. The molecule has 26 heteroatoms. The average molecular weight is 1780 g/mol. The minimum absolute atomic E-state index is 0.156. The minimum Gasteiger partial charge on any atom is -0.376 e. The lowest BCUT2D eigenvalue weighted by atomic mass is 9.97. The number of aromatic amines is 4. The van der Waals surface area contributed by atoms with E-state index in [1.165, 1.54) is 38.9 Å². The Morgan fingerprint density at radius 2 is 0.878 bits per heavy atom. The van der Waals surface area contributed by atoms with Crippen LogP contribution in [0.2, 0.25) is 5.02 Å². The molecule has 6 aliphatic rings. The highest BCUT2D eigenvalue weighted by Crippen LogP contribution is 2.40. The molecule has 0 bridgehead atoms. The van der Waals surface area contributed by atoms with Gasteiger partial charge in [0, 0.05) is 44.0 Å². The highest BCUT2D eigenvalue weighted by atomic mass is 35.5. The molecule has 0 radical (unpaired) electrons. The van der Waals surface area contributed by atoms with Crippen LogP contribution in [0.25, 0.3) is 58.3 Å².